The third-order valence-electron chi connectivity index (χ3n) is 4.03. The van der Waals surface area contributed by atoms with E-state index in [1.807, 2.05) is 30.3 Å². The first-order chi connectivity index (χ1) is 11.6. The van der Waals surface area contributed by atoms with E-state index in [9.17, 15) is 0 Å². The quantitative estimate of drug-likeness (QED) is 0.446. The van der Waals surface area contributed by atoms with Crippen molar-refractivity contribution in [1.29, 1.82) is 0 Å². The Labute approximate surface area is 148 Å². The van der Waals surface area contributed by atoms with E-state index in [0.717, 1.165) is 16.2 Å². The minimum Gasteiger partial charge on any atom is -0.0911 e. The molecular formula is C23H19Cl. The molecule has 0 aliphatic heterocycles. The molecule has 0 aliphatic carbocycles. The summed E-state index contributed by atoms with van der Waals surface area (Å²) in [4.78, 5) is 0. The highest BCUT2D eigenvalue weighted by molar-refractivity contribution is 6.30. The van der Waals surface area contributed by atoms with Gasteiger partial charge in [-0.25, -0.2) is 0 Å². The van der Waals surface area contributed by atoms with Crippen molar-refractivity contribution in [2.24, 2.45) is 0 Å². The molecule has 0 nitrogen and oxygen atoms in total. The lowest BCUT2D eigenvalue weighted by molar-refractivity contribution is 1.54. The summed E-state index contributed by atoms with van der Waals surface area (Å²) in [6, 6.07) is 26.8. The largest absolute Gasteiger partial charge is 0.0911 e. The average Bonchev–Trinajstić information content (AvgIpc) is 2.62. The van der Waals surface area contributed by atoms with Crippen molar-refractivity contribution in [2.45, 2.75) is 6.92 Å². The fourth-order valence-corrected chi connectivity index (χ4v) is 2.86. The zero-order valence-electron chi connectivity index (χ0n) is 13.7. The second-order valence-electron chi connectivity index (χ2n) is 5.81. The predicted octanol–water partition coefficient (Wildman–Crippen LogP) is 7.12. The minimum atomic E-state index is 0.729. The highest BCUT2D eigenvalue weighted by Crippen LogP contribution is 2.25. The van der Waals surface area contributed by atoms with Crippen LogP contribution < -0.4 is 0 Å². The zero-order chi connectivity index (χ0) is 16.9. The maximum absolute atomic E-state index is 6.06. The Morgan fingerprint density at radius 3 is 2.12 bits per heavy atom. The van der Waals surface area contributed by atoms with Gasteiger partial charge in [-0.2, -0.15) is 0 Å². The number of benzene rings is 3. The molecule has 0 aromatic heterocycles. The Morgan fingerprint density at radius 1 is 0.792 bits per heavy atom. The Kier molecular flexibility index (Phi) is 4.98. The number of allylic oxidation sites excluding steroid dienone is 3. The lowest BCUT2D eigenvalue weighted by Gasteiger charge is -2.07. The maximum atomic E-state index is 6.06. The molecular weight excluding hydrogens is 312 g/mol. The molecule has 3 rings (SSSR count). The van der Waals surface area contributed by atoms with Crippen molar-refractivity contribution in [3.63, 3.8) is 0 Å². The van der Waals surface area contributed by atoms with Crippen LogP contribution in [0.25, 0.3) is 22.3 Å². The van der Waals surface area contributed by atoms with Gasteiger partial charge in [-0.05, 0) is 52.5 Å². The van der Waals surface area contributed by atoms with E-state index < -0.39 is 0 Å². The summed E-state index contributed by atoms with van der Waals surface area (Å²) in [5.41, 5.74) is 6.83. The Hall–Kier alpha value is -2.57. The van der Waals surface area contributed by atoms with Gasteiger partial charge in [-0.1, -0.05) is 91.0 Å². The highest BCUT2D eigenvalue weighted by Gasteiger charge is 2.02. The molecule has 0 aliphatic rings. The molecule has 0 atom stereocenters. The monoisotopic (exact) mass is 330 g/mol. The molecule has 0 amide bonds. The Balaban J connectivity index is 1.82. The molecule has 1 heteroatoms. The molecule has 0 fully saturated rings. The zero-order valence-corrected chi connectivity index (χ0v) is 14.4. The fraction of sp³-hybridized carbons (Fsp3) is 0.0435. The minimum absolute atomic E-state index is 0.729. The van der Waals surface area contributed by atoms with Crippen LogP contribution in [-0.2, 0) is 0 Å². The van der Waals surface area contributed by atoms with Gasteiger partial charge in [0, 0.05) is 5.02 Å². The van der Waals surface area contributed by atoms with Crippen LogP contribution in [-0.4, -0.2) is 0 Å². The van der Waals surface area contributed by atoms with E-state index in [4.69, 9.17) is 11.6 Å². The van der Waals surface area contributed by atoms with E-state index in [1.165, 1.54) is 22.3 Å². The van der Waals surface area contributed by atoms with Gasteiger partial charge in [-0.3, -0.25) is 0 Å². The topological polar surface area (TPSA) is 0 Å². The van der Waals surface area contributed by atoms with Gasteiger partial charge in [0.05, 0.1) is 0 Å². The molecule has 0 saturated carbocycles. The summed E-state index contributed by atoms with van der Waals surface area (Å²) in [6.07, 6.45) is 2.10. The van der Waals surface area contributed by atoms with Gasteiger partial charge >= 0.3 is 0 Å². The first kappa shape index (κ1) is 16.3. The summed E-state index contributed by atoms with van der Waals surface area (Å²) in [5, 5.41) is 0.729. The van der Waals surface area contributed by atoms with Crippen LogP contribution in [0.1, 0.15) is 18.1 Å². The van der Waals surface area contributed by atoms with Crippen LogP contribution >= 0.6 is 11.6 Å². The molecule has 0 spiro atoms. The molecule has 0 heterocycles. The van der Waals surface area contributed by atoms with E-state index in [0.29, 0.717) is 0 Å². The van der Waals surface area contributed by atoms with Crippen LogP contribution in [0.15, 0.2) is 91.5 Å². The first-order valence-corrected chi connectivity index (χ1v) is 8.30. The normalized spacial score (nSPS) is 11.3. The summed E-state index contributed by atoms with van der Waals surface area (Å²) in [7, 11) is 0. The summed E-state index contributed by atoms with van der Waals surface area (Å²) in [5.74, 6) is 0. The number of rotatable bonds is 4. The molecule has 0 saturated heterocycles. The van der Waals surface area contributed by atoms with Crippen molar-refractivity contribution in [2.75, 3.05) is 0 Å². The molecule has 0 radical (unpaired) electrons. The van der Waals surface area contributed by atoms with Gasteiger partial charge in [0.15, 0.2) is 0 Å². The highest BCUT2D eigenvalue weighted by atomic mass is 35.5. The van der Waals surface area contributed by atoms with Crippen molar-refractivity contribution in [3.8, 4) is 11.1 Å². The van der Waals surface area contributed by atoms with Crippen molar-refractivity contribution < 1.29 is 0 Å². The van der Waals surface area contributed by atoms with Crippen LogP contribution in [0.2, 0.25) is 5.02 Å². The summed E-state index contributed by atoms with van der Waals surface area (Å²) >= 11 is 6.06. The van der Waals surface area contributed by atoms with Gasteiger partial charge in [-0.15, -0.1) is 0 Å². The predicted molar refractivity (Wildman–Crippen MR) is 106 cm³/mol. The fourth-order valence-electron chi connectivity index (χ4n) is 2.67. The summed E-state index contributed by atoms with van der Waals surface area (Å²) < 4.78 is 0. The van der Waals surface area contributed by atoms with Crippen molar-refractivity contribution >= 4 is 22.7 Å². The molecule has 3 aromatic rings. The maximum Gasteiger partial charge on any atom is 0.0412 e. The number of halogens is 1. The van der Waals surface area contributed by atoms with Gasteiger partial charge in [0.25, 0.3) is 0 Å². The summed E-state index contributed by atoms with van der Waals surface area (Å²) in [6.45, 7) is 6.27. The first-order valence-electron chi connectivity index (χ1n) is 7.92. The van der Waals surface area contributed by atoms with E-state index in [2.05, 4.69) is 68.1 Å². The third kappa shape index (κ3) is 3.84. The molecule has 0 N–H and O–H groups in total. The van der Waals surface area contributed by atoms with Gasteiger partial charge in [0.2, 0.25) is 0 Å². The van der Waals surface area contributed by atoms with Crippen LogP contribution in [0.5, 0.6) is 0 Å². The second-order valence-corrected chi connectivity index (χ2v) is 6.24. The number of hydrogen-bond acceptors (Lipinski definition) is 0. The molecule has 0 bridgehead atoms. The van der Waals surface area contributed by atoms with Crippen LogP contribution in [0, 0.1) is 0 Å². The van der Waals surface area contributed by atoms with E-state index in [-0.39, 0.29) is 0 Å². The van der Waals surface area contributed by atoms with Gasteiger partial charge < -0.3 is 0 Å². The lowest BCUT2D eigenvalue weighted by Crippen LogP contribution is -1.84. The van der Waals surface area contributed by atoms with Crippen LogP contribution in [0.3, 0.4) is 0 Å². The van der Waals surface area contributed by atoms with E-state index >= 15 is 0 Å². The Morgan fingerprint density at radius 2 is 1.46 bits per heavy atom. The molecule has 118 valence electrons. The van der Waals surface area contributed by atoms with E-state index in [1.54, 1.807) is 0 Å². The lowest BCUT2D eigenvalue weighted by atomic mass is 9.98. The smallest absolute Gasteiger partial charge is 0.0412 e. The SMILES string of the molecule is C=C(/C=C(\C)c1ccc(-c2ccccc2)cc1)c1cccc(Cl)c1. The van der Waals surface area contributed by atoms with Crippen LogP contribution in [0.4, 0.5) is 0 Å². The second kappa shape index (κ2) is 7.33. The number of hydrogen-bond donors (Lipinski definition) is 0. The third-order valence-corrected chi connectivity index (χ3v) is 4.27. The van der Waals surface area contributed by atoms with Crippen molar-refractivity contribution in [3.05, 3.63) is 108 Å². The van der Waals surface area contributed by atoms with Gasteiger partial charge in [0.1, 0.15) is 0 Å². The standard InChI is InChI=1S/C23H19Cl/c1-17(15-18(2)22-9-6-10-23(24)16-22)19-11-13-21(14-12-19)20-7-4-3-5-8-20/h3-16H,2H2,1H3/b17-15+. The molecule has 0 unspecified atom stereocenters. The average molecular weight is 331 g/mol. The molecule has 3 aromatic carbocycles. The molecule has 24 heavy (non-hydrogen) atoms. The van der Waals surface area contributed by atoms with Crippen molar-refractivity contribution in [1.82, 2.24) is 0 Å². The Bertz CT molecular complexity index is 871.